The van der Waals surface area contributed by atoms with Crippen molar-refractivity contribution in [1.29, 1.82) is 0 Å². The number of hydrogen-bond donors (Lipinski definition) is 0. The number of ether oxygens (including phenoxy) is 2. The van der Waals surface area contributed by atoms with Gasteiger partial charge in [0, 0.05) is 12.2 Å². The topological polar surface area (TPSA) is 52.6 Å². The maximum Gasteiger partial charge on any atom is 0.460 e. The predicted molar refractivity (Wildman–Crippen MR) is 119 cm³/mol. The van der Waals surface area contributed by atoms with Gasteiger partial charge in [-0.3, -0.25) is 0 Å². The summed E-state index contributed by atoms with van der Waals surface area (Å²) >= 11 is 0. The van der Waals surface area contributed by atoms with E-state index >= 15 is 0 Å². The van der Waals surface area contributed by atoms with Gasteiger partial charge >= 0.3 is 59.8 Å². The highest BCUT2D eigenvalue weighted by Crippen LogP contribution is 2.56. The van der Waals surface area contributed by atoms with Crippen molar-refractivity contribution in [1.82, 2.24) is 0 Å². The molecule has 0 radical (unpaired) electrons. The molecular weight excluding hydrogens is 694 g/mol. The maximum absolute atomic E-state index is 14.1. The van der Waals surface area contributed by atoms with E-state index in [1.807, 2.05) is 0 Å². The molecule has 0 aliphatic carbocycles. The average molecular weight is 720 g/mol. The maximum atomic E-state index is 14.1. The number of carbonyl (C=O) groups excluding carboxylic acids is 2. The van der Waals surface area contributed by atoms with Crippen LogP contribution in [0.1, 0.15) is 54.4 Å². The molecule has 272 valence electrons. The van der Waals surface area contributed by atoms with Gasteiger partial charge in [-0.15, -0.1) is 0 Å². The van der Waals surface area contributed by atoms with Gasteiger partial charge < -0.3 is 9.47 Å². The van der Waals surface area contributed by atoms with Crippen molar-refractivity contribution in [3.63, 3.8) is 0 Å². The lowest BCUT2D eigenvalue weighted by Crippen LogP contribution is -2.62. The molecule has 0 bridgehead atoms. The van der Waals surface area contributed by atoms with Gasteiger partial charge in [0.15, 0.2) is 0 Å². The highest BCUT2D eigenvalue weighted by molar-refractivity contribution is 5.91. The molecule has 0 rings (SSSR count). The van der Waals surface area contributed by atoms with Gasteiger partial charge in [0.05, 0.1) is 12.8 Å². The Morgan fingerprint density at radius 2 is 0.674 bits per heavy atom. The van der Waals surface area contributed by atoms with E-state index in [-0.39, 0.29) is 12.2 Å². The molecule has 0 fully saturated rings. The molecule has 0 amide bonds. The number of rotatable bonds is 12. The average Bonchev–Trinajstić information content (AvgIpc) is 2.78. The first-order valence-electron chi connectivity index (χ1n) is 12.2. The second-order valence-corrected chi connectivity index (χ2v) is 12.0. The fourth-order valence-corrected chi connectivity index (χ4v) is 3.08. The van der Waals surface area contributed by atoms with Crippen LogP contribution in [0.5, 0.6) is 0 Å². The summed E-state index contributed by atoms with van der Waals surface area (Å²) in [5.41, 5.74) is -3.83. The Bertz CT molecular complexity index is 1020. The van der Waals surface area contributed by atoms with Crippen LogP contribution in [-0.4, -0.2) is 72.0 Å². The molecule has 0 aliphatic rings. The van der Waals surface area contributed by atoms with Gasteiger partial charge in [0.25, 0.3) is 0 Å². The summed E-state index contributed by atoms with van der Waals surface area (Å²) in [6, 6.07) is 0. The summed E-state index contributed by atoms with van der Waals surface area (Å²) in [5, 5.41) is 0. The first-order chi connectivity index (χ1) is 19.7. The fourth-order valence-electron chi connectivity index (χ4n) is 3.08. The Balaban J connectivity index is 6.07. The minimum Gasteiger partial charge on any atom is -0.458 e. The third kappa shape index (κ3) is 9.06. The Hall–Kier alpha value is -2.58. The van der Waals surface area contributed by atoms with Crippen LogP contribution >= 0.6 is 0 Å². The Labute approximate surface area is 248 Å². The Morgan fingerprint density at radius 3 is 0.848 bits per heavy atom. The molecule has 0 aromatic carbocycles. The van der Waals surface area contributed by atoms with E-state index < -0.39 is 95.7 Å². The molecule has 0 saturated carbocycles. The summed E-state index contributed by atoms with van der Waals surface area (Å²) in [7, 11) is 0. The zero-order chi connectivity index (χ0) is 37.6. The standard InChI is InChI=1S/C24H26F18O4/c1-15(2,3)11(9-17(25,26)19(29,30)21(33,34)23(37,38)39)45-13(43)7-8-14(44)46-12(16(4,5)6)10-18(27,28)20(31,32)22(35,36)24(40,41)42/h7-8,11-12H,9-10H2,1-6H3/b8-7+. The molecule has 4 nitrogen and oxygen atoms in total. The van der Waals surface area contributed by atoms with E-state index in [9.17, 15) is 88.6 Å². The van der Waals surface area contributed by atoms with E-state index in [4.69, 9.17) is 0 Å². The molecule has 2 unspecified atom stereocenters. The minimum atomic E-state index is -7.27. The van der Waals surface area contributed by atoms with Gasteiger partial charge in [0.2, 0.25) is 0 Å². The normalized spacial score (nSPS) is 16.8. The summed E-state index contributed by atoms with van der Waals surface area (Å²) in [4.78, 5) is 24.1. The van der Waals surface area contributed by atoms with E-state index in [1.54, 1.807) is 0 Å². The van der Waals surface area contributed by atoms with Crippen LogP contribution in [-0.2, 0) is 19.1 Å². The molecule has 0 aliphatic heterocycles. The molecule has 0 aromatic heterocycles. The summed E-state index contributed by atoms with van der Waals surface area (Å²) in [5.74, 6) is -45.1. The van der Waals surface area contributed by atoms with Gasteiger partial charge in [0.1, 0.15) is 12.2 Å². The van der Waals surface area contributed by atoms with Crippen LogP contribution in [0.4, 0.5) is 79.0 Å². The van der Waals surface area contributed by atoms with Crippen LogP contribution < -0.4 is 0 Å². The number of halogens is 18. The minimum absolute atomic E-state index is 0.119. The predicted octanol–water partition coefficient (Wildman–Crippen LogP) is 9.17. The zero-order valence-electron chi connectivity index (χ0n) is 24.2. The molecule has 46 heavy (non-hydrogen) atoms. The van der Waals surface area contributed by atoms with E-state index in [0.29, 0.717) is 0 Å². The molecule has 0 spiro atoms. The van der Waals surface area contributed by atoms with E-state index in [0.717, 1.165) is 41.5 Å². The molecule has 0 aromatic rings. The van der Waals surface area contributed by atoms with E-state index in [1.165, 1.54) is 0 Å². The molecule has 0 saturated heterocycles. The molecule has 0 N–H and O–H groups in total. The number of carbonyl (C=O) groups is 2. The molecular formula is C24H26F18O4. The first-order valence-corrected chi connectivity index (χ1v) is 12.2. The lowest BCUT2D eigenvalue weighted by Gasteiger charge is -2.38. The largest absolute Gasteiger partial charge is 0.460 e. The Kier molecular flexibility index (Phi) is 12.1. The van der Waals surface area contributed by atoms with Gasteiger partial charge in [-0.2, -0.15) is 79.0 Å². The van der Waals surface area contributed by atoms with Crippen molar-refractivity contribution in [3.05, 3.63) is 12.2 Å². The number of alkyl halides is 18. The highest BCUT2D eigenvalue weighted by atomic mass is 19.4. The van der Waals surface area contributed by atoms with Crippen molar-refractivity contribution < 1.29 is 98.1 Å². The molecule has 2 atom stereocenters. The smallest absolute Gasteiger partial charge is 0.458 e. The number of esters is 2. The van der Waals surface area contributed by atoms with Crippen molar-refractivity contribution in [2.45, 2.75) is 114 Å². The fraction of sp³-hybridized carbons (Fsp3) is 0.833. The summed E-state index contributed by atoms with van der Waals surface area (Å²) < 4.78 is 247. The third-order valence-corrected chi connectivity index (χ3v) is 6.11. The number of hydrogen-bond acceptors (Lipinski definition) is 4. The Morgan fingerprint density at radius 1 is 0.457 bits per heavy atom. The van der Waals surface area contributed by atoms with Crippen molar-refractivity contribution in [3.8, 4) is 0 Å². The van der Waals surface area contributed by atoms with Crippen molar-refractivity contribution in [2.24, 2.45) is 10.8 Å². The van der Waals surface area contributed by atoms with Crippen LogP contribution in [0.2, 0.25) is 0 Å². The second kappa shape index (κ2) is 12.8. The SMILES string of the molecule is CC(C)(C)C(CC(F)(F)C(F)(F)C(F)(F)C(F)(F)F)OC(=O)/C=C/C(=O)OC(CC(F)(F)C(F)(F)C(F)(F)C(F)(F)F)C(C)(C)C. The van der Waals surface area contributed by atoms with Crippen LogP contribution in [0.3, 0.4) is 0 Å². The molecule has 22 heteroatoms. The quantitative estimate of drug-likeness (QED) is 0.115. The summed E-state index contributed by atoms with van der Waals surface area (Å²) in [6.07, 6.45) is -25.1. The first kappa shape index (κ1) is 43.4. The monoisotopic (exact) mass is 720 g/mol. The van der Waals surface area contributed by atoms with Gasteiger partial charge in [-0.1, -0.05) is 41.5 Å². The highest BCUT2D eigenvalue weighted by Gasteiger charge is 2.83. The third-order valence-electron chi connectivity index (χ3n) is 6.11. The van der Waals surface area contributed by atoms with E-state index in [2.05, 4.69) is 9.47 Å². The van der Waals surface area contributed by atoms with Crippen LogP contribution in [0.25, 0.3) is 0 Å². The lowest BCUT2D eigenvalue weighted by molar-refractivity contribution is -0.398. The van der Waals surface area contributed by atoms with Crippen molar-refractivity contribution in [2.75, 3.05) is 0 Å². The summed E-state index contributed by atoms with van der Waals surface area (Å²) in [6.45, 7) is 5.20. The van der Waals surface area contributed by atoms with Gasteiger partial charge in [-0.05, 0) is 10.8 Å². The molecule has 0 heterocycles. The second-order valence-electron chi connectivity index (χ2n) is 12.0. The van der Waals surface area contributed by atoms with Crippen LogP contribution in [0.15, 0.2) is 12.2 Å². The lowest BCUT2D eigenvalue weighted by atomic mass is 9.83. The zero-order valence-corrected chi connectivity index (χ0v) is 24.2. The van der Waals surface area contributed by atoms with Crippen molar-refractivity contribution >= 4 is 11.9 Å². The van der Waals surface area contributed by atoms with Gasteiger partial charge in [-0.25, -0.2) is 9.59 Å². The van der Waals surface area contributed by atoms with Crippen LogP contribution in [0, 0.1) is 10.8 Å².